The van der Waals surface area contributed by atoms with Crippen molar-refractivity contribution in [2.24, 2.45) is 5.73 Å². The molecule has 17 heavy (non-hydrogen) atoms. The van der Waals surface area contributed by atoms with Crippen molar-refractivity contribution < 1.29 is 5.11 Å². The Morgan fingerprint density at radius 2 is 2.06 bits per heavy atom. The third-order valence-corrected chi connectivity index (χ3v) is 2.93. The Kier molecular flexibility index (Phi) is 8.82. The van der Waals surface area contributed by atoms with Gasteiger partial charge in [0.15, 0.2) is 0 Å². The van der Waals surface area contributed by atoms with Gasteiger partial charge in [-0.1, -0.05) is 32.9 Å². The maximum atomic E-state index is 9.06. The summed E-state index contributed by atoms with van der Waals surface area (Å²) in [6, 6.07) is 0.554. The van der Waals surface area contributed by atoms with Gasteiger partial charge in [0.05, 0.1) is 6.61 Å². The molecule has 100 valence electrons. The molecule has 0 aliphatic carbocycles. The standard InChI is InChI=1S/C12H22N2O.C2H6/c1-3-5-10(11(13)4-2)12-7-6-9(8-15)14-12;1-2/h3,5,9,12,14-15H,4,6-8,13H2,1-2H3;1-2H3/b5-3-,11-10-;/t9-,12+;/m0./s1. The van der Waals surface area contributed by atoms with Gasteiger partial charge in [-0.2, -0.15) is 0 Å². The van der Waals surface area contributed by atoms with Crippen LogP contribution >= 0.6 is 0 Å². The lowest BCUT2D eigenvalue weighted by atomic mass is 10.0. The quantitative estimate of drug-likeness (QED) is 0.661. The van der Waals surface area contributed by atoms with Gasteiger partial charge < -0.3 is 16.2 Å². The molecule has 1 heterocycles. The van der Waals surface area contributed by atoms with Crippen molar-refractivity contribution in [3.63, 3.8) is 0 Å². The first-order chi connectivity index (χ1) is 8.22. The van der Waals surface area contributed by atoms with E-state index in [1.807, 2.05) is 26.8 Å². The smallest absolute Gasteiger partial charge is 0.0584 e. The molecule has 0 saturated carbocycles. The van der Waals surface area contributed by atoms with E-state index in [1.165, 1.54) is 5.57 Å². The van der Waals surface area contributed by atoms with Crippen molar-refractivity contribution in [3.05, 3.63) is 23.4 Å². The van der Waals surface area contributed by atoms with Gasteiger partial charge in [-0.15, -0.1) is 0 Å². The van der Waals surface area contributed by atoms with Gasteiger partial charge in [0.2, 0.25) is 0 Å². The average Bonchev–Trinajstić information content (AvgIpc) is 2.86. The number of rotatable bonds is 4. The van der Waals surface area contributed by atoms with Gasteiger partial charge in [0.25, 0.3) is 0 Å². The highest BCUT2D eigenvalue weighted by Crippen LogP contribution is 2.21. The van der Waals surface area contributed by atoms with Gasteiger partial charge in [-0.05, 0) is 31.8 Å². The van der Waals surface area contributed by atoms with Crippen molar-refractivity contribution >= 4 is 0 Å². The fourth-order valence-electron chi connectivity index (χ4n) is 2.04. The first kappa shape index (κ1) is 16.2. The molecule has 0 radical (unpaired) electrons. The van der Waals surface area contributed by atoms with Crippen LogP contribution in [0.15, 0.2) is 23.4 Å². The summed E-state index contributed by atoms with van der Waals surface area (Å²) in [7, 11) is 0. The molecule has 2 atom stereocenters. The highest BCUT2D eigenvalue weighted by atomic mass is 16.3. The van der Waals surface area contributed by atoms with E-state index in [0.717, 1.165) is 25.0 Å². The molecule has 1 aliphatic rings. The summed E-state index contributed by atoms with van der Waals surface area (Å²) in [4.78, 5) is 0. The van der Waals surface area contributed by atoms with E-state index in [0.29, 0.717) is 6.04 Å². The highest BCUT2D eigenvalue weighted by molar-refractivity contribution is 5.30. The van der Waals surface area contributed by atoms with Gasteiger partial charge in [0.1, 0.15) is 0 Å². The molecule has 1 aliphatic heterocycles. The Balaban J connectivity index is 0.00000121. The summed E-state index contributed by atoms with van der Waals surface area (Å²) in [5, 5.41) is 12.5. The second-order valence-electron chi connectivity index (χ2n) is 4.01. The fourth-order valence-corrected chi connectivity index (χ4v) is 2.04. The number of allylic oxidation sites excluding steroid dienone is 2. The van der Waals surface area contributed by atoms with E-state index in [4.69, 9.17) is 10.8 Å². The van der Waals surface area contributed by atoms with Crippen LogP contribution in [0.2, 0.25) is 0 Å². The molecule has 0 unspecified atom stereocenters. The lowest BCUT2D eigenvalue weighted by Gasteiger charge is -2.16. The molecule has 3 nitrogen and oxygen atoms in total. The molecule has 0 aromatic heterocycles. The molecule has 3 heteroatoms. The second kappa shape index (κ2) is 9.25. The molecule has 0 spiro atoms. The van der Waals surface area contributed by atoms with Gasteiger partial charge >= 0.3 is 0 Å². The van der Waals surface area contributed by atoms with Crippen molar-refractivity contribution in [3.8, 4) is 0 Å². The van der Waals surface area contributed by atoms with Crippen LogP contribution in [0.1, 0.15) is 47.0 Å². The lowest BCUT2D eigenvalue weighted by Crippen LogP contribution is -2.33. The minimum atomic E-state index is 0.214. The Morgan fingerprint density at radius 3 is 2.47 bits per heavy atom. The first-order valence-corrected chi connectivity index (χ1v) is 6.71. The van der Waals surface area contributed by atoms with E-state index < -0.39 is 0 Å². The Labute approximate surface area is 106 Å². The number of hydrogen-bond donors (Lipinski definition) is 3. The minimum absolute atomic E-state index is 0.214. The zero-order valence-electron chi connectivity index (χ0n) is 11.7. The summed E-state index contributed by atoms with van der Waals surface area (Å²) in [5.41, 5.74) is 8.13. The normalized spacial score (nSPS) is 25.5. The maximum absolute atomic E-state index is 9.06. The highest BCUT2D eigenvalue weighted by Gasteiger charge is 2.25. The summed E-state index contributed by atoms with van der Waals surface area (Å²) >= 11 is 0. The topological polar surface area (TPSA) is 58.3 Å². The summed E-state index contributed by atoms with van der Waals surface area (Å²) in [5.74, 6) is 0. The Bertz CT molecular complexity index is 259. The van der Waals surface area contributed by atoms with Gasteiger partial charge in [0, 0.05) is 17.8 Å². The summed E-state index contributed by atoms with van der Waals surface area (Å²) in [6.07, 6.45) is 7.06. The first-order valence-electron chi connectivity index (χ1n) is 6.71. The Hall–Kier alpha value is -0.800. The van der Waals surface area contributed by atoms with Crippen molar-refractivity contribution in [2.45, 2.75) is 59.0 Å². The summed E-state index contributed by atoms with van der Waals surface area (Å²) in [6.45, 7) is 8.28. The largest absolute Gasteiger partial charge is 0.402 e. The van der Waals surface area contributed by atoms with Crippen molar-refractivity contribution in [1.29, 1.82) is 0 Å². The van der Waals surface area contributed by atoms with E-state index in [9.17, 15) is 0 Å². The molecule has 0 aromatic carbocycles. The predicted octanol–water partition coefficient (Wildman–Crippen LogP) is 2.32. The van der Waals surface area contributed by atoms with Crippen LogP contribution in [0, 0.1) is 0 Å². The van der Waals surface area contributed by atoms with E-state index >= 15 is 0 Å². The van der Waals surface area contributed by atoms with Crippen LogP contribution in [0.5, 0.6) is 0 Å². The van der Waals surface area contributed by atoms with Crippen LogP contribution in [-0.4, -0.2) is 23.8 Å². The zero-order valence-corrected chi connectivity index (χ0v) is 11.7. The minimum Gasteiger partial charge on any atom is -0.402 e. The fraction of sp³-hybridized carbons (Fsp3) is 0.714. The third-order valence-electron chi connectivity index (χ3n) is 2.93. The second-order valence-corrected chi connectivity index (χ2v) is 4.01. The van der Waals surface area contributed by atoms with Gasteiger partial charge in [-0.25, -0.2) is 0 Å². The van der Waals surface area contributed by atoms with E-state index in [2.05, 4.69) is 18.3 Å². The molecule has 1 fully saturated rings. The number of aliphatic hydroxyl groups excluding tert-OH is 1. The Morgan fingerprint density at radius 1 is 1.41 bits per heavy atom. The van der Waals surface area contributed by atoms with Gasteiger partial charge in [-0.3, -0.25) is 0 Å². The van der Waals surface area contributed by atoms with Crippen LogP contribution in [0.4, 0.5) is 0 Å². The number of aliphatic hydroxyl groups is 1. The molecule has 4 N–H and O–H groups in total. The predicted molar refractivity (Wildman–Crippen MR) is 74.7 cm³/mol. The number of nitrogens with one attached hydrogen (secondary N) is 1. The van der Waals surface area contributed by atoms with Crippen molar-refractivity contribution in [2.75, 3.05) is 6.61 Å². The number of hydrogen-bond acceptors (Lipinski definition) is 3. The van der Waals surface area contributed by atoms with Crippen LogP contribution in [0.3, 0.4) is 0 Å². The molecular formula is C14H28N2O. The van der Waals surface area contributed by atoms with Crippen LogP contribution in [0.25, 0.3) is 0 Å². The molecule has 0 bridgehead atoms. The van der Waals surface area contributed by atoms with E-state index in [-0.39, 0.29) is 12.6 Å². The number of nitrogens with two attached hydrogens (primary N) is 1. The molecule has 0 aromatic rings. The molecule has 1 saturated heterocycles. The molecular weight excluding hydrogens is 212 g/mol. The van der Waals surface area contributed by atoms with Crippen LogP contribution < -0.4 is 11.1 Å². The van der Waals surface area contributed by atoms with Crippen molar-refractivity contribution in [1.82, 2.24) is 5.32 Å². The molecule has 1 rings (SSSR count). The maximum Gasteiger partial charge on any atom is 0.0584 e. The monoisotopic (exact) mass is 240 g/mol. The molecule has 0 amide bonds. The summed E-state index contributed by atoms with van der Waals surface area (Å²) < 4.78 is 0. The van der Waals surface area contributed by atoms with E-state index in [1.54, 1.807) is 0 Å². The average molecular weight is 240 g/mol. The third kappa shape index (κ3) is 4.92. The zero-order chi connectivity index (χ0) is 13.3. The van der Waals surface area contributed by atoms with Crippen LogP contribution in [-0.2, 0) is 0 Å². The SMILES string of the molecule is C/C=C\C(=C(\N)CC)[C@H]1CC[C@@H](CO)N1.CC. The lowest BCUT2D eigenvalue weighted by molar-refractivity contribution is 0.253.